The number of aromatic nitrogens is 1. The van der Waals surface area contributed by atoms with Crippen LogP contribution >= 0.6 is 11.3 Å². The SMILES string of the molecule is CCOC(=O)c1cnc(C#CCCO)s1. The number of nitrogens with zero attached hydrogens (tertiary/aromatic N) is 1. The Bertz CT molecular complexity index is 389. The summed E-state index contributed by atoms with van der Waals surface area (Å²) >= 11 is 1.19. The van der Waals surface area contributed by atoms with E-state index in [4.69, 9.17) is 9.84 Å². The van der Waals surface area contributed by atoms with E-state index in [1.54, 1.807) is 6.92 Å². The van der Waals surface area contributed by atoms with Crippen LogP contribution in [0, 0.1) is 11.8 Å². The van der Waals surface area contributed by atoms with Crippen molar-refractivity contribution in [1.29, 1.82) is 0 Å². The monoisotopic (exact) mass is 225 g/mol. The summed E-state index contributed by atoms with van der Waals surface area (Å²) in [7, 11) is 0. The molecular formula is C10H11NO3S. The van der Waals surface area contributed by atoms with Crippen molar-refractivity contribution >= 4 is 17.3 Å². The molecule has 0 saturated carbocycles. The molecule has 1 N–H and O–H groups in total. The van der Waals surface area contributed by atoms with Crippen LogP contribution in [0.25, 0.3) is 0 Å². The number of ether oxygens (including phenoxy) is 1. The summed E-state index contributed by atoms with van der Waals surface area (Å²) in [6, 6.07) is 0. The van der Waals surface area contributed by atoms with Crippen LogP contribution in [0.1, 0.15) is 28.0 Å². The molecule has 1 aromatic rings. The van der Waals surface area contributed by atoms with Crippen molar-refractivity contribution in [2.75, 3.05) is 13.2 Å². The number of carbonyl (C=O) groups is 1. The number of hydrogen-bond donors (Lipinski definition) is 1. The molecule has 1 rings (SSSR count). The minimum Gasteiger partial charge on any atom is -0.462 e. The van der Waals surface area contributed by atoms with Crippen molar-refractivity contribution in [3.63, 3.8) is 0 Å². The van der Waals surface area contributed by atoms with Crippen LogP contribution in [0.5, 0.6) is 0 Å². The number of esters is 1. The van der Waals surface area contributed by atoms with E-state index in [1.165, 1.54) is 17.5 Å². The number of aliphatic hydroxyl groups is 1. The van der Waals surface area contributed by atoms with Crippen LogP contribution in [0.4, 0.5) is 0 Å². The van der Waals surface area contributed by atoms with Gasteiger partial charge in [-0.25, -0.2) is 9.78 Å². The van der Waals surface area contributed by atoms with Crippen LogP contribution in [0.15, 0.2) is 6.20 Å². The molecule has 0 aliphatic heterocycles. The third-order valence-electron chi connectivity index (χ3n) is 1.41. The Kier molecular flexibility index (Phi) is 4.81. The van der Waals surface area contributed by atoms with E-state index in [2.05, 4.69) is 16.8 Å². The molecule has 0 radical (unpaired) electrons. The Morgan fingerprint density at radius 2 is 2.53 bits per heavy atom. The largest absolute Gasteiger partial charge is 0.462 e. The average molecular weight is 225 g/mol. The normalized spacial score (nSPS) is 9.20. The summed E-state index contributed by atoms with van der Waals surface area (Å²) in [4.78, 5) is 15.7. The van der Waals surface area contributed by atoms with Gasteiger partial charge in [0.15, 0.2) is 5.01 Å². The maximum atomic E-state index is 11.2. The van der Waals surface area contributed by atoms with Crippen molar-refractivity contribution in [2.45, 2.75) is 13.3 Å². The molecule has 1 aromatic heterocycles. The van der Waals surface area contributed by atoms with E-state index < -0.39 is 0 Å². The Morgan fingerprint density at radius 1 is 1.73 bits per heavy atom. The molecule has 0 atom stereocenters. The van der Waals surface area contributed by atoms with Gasteiger partial charge in [-0.3, -0.25) is 0 Å². The standard InChI is InChI=1S/C10H11NO3S/c1-2-14-10(13)8-7-11-9(15-8)5-3-4-6-12/h7,12H,2,4,6H2,1H3. The van der Waals surface area contributed by atoms with Crippen molar-refractivity contribution in [3.05, 3.63) is 16.1 Å². The maximum Gasteiger partial charge on any atom is 0.349 e. The molecule has 0 amide bonds. The van der Waals surface area contributed by atoms with Gasteiger partial charge in [0.05, 0.1) is 19.4 Å². The second-order valence-corrected chi connectivity index (χ2v) is 3.56. The first kappa shape index (κ1) is 11.7. The molecule has 4 nitrogen and oxygen atoms in total. The smallest absolute Gasteiger partial charge is 0.349 e. The predicted octanol–water partition coefficient (Wildman–Crippen LogP) is 1.05. The Morgan fingerprint density at radius 3 is 3.20 bits per heavy atom. The van der Waals surface area contributed by atoms with Crippen LogP contribution in [-0.4, -0.2) is 29.3 Å². The predicted molar refractivity (Wildman–Crippen MR) is 56.7 cm³/mol. The quantitative estimate of drug-likeness (QED) is 0.617. The van der Waals surface area contributed by atoms with Gasteiger partial charge in [-0.2, -0.15) is 0 Å². The first-order chi connectivity index (χ1) is 7.27. The highest BCUT2D eigenvalue weighted by molar-refractivity contribution is 7.14. The number of carbonyl (C=O) groups excluding carboxylic acids is 1. The fraction of sp³-hybridized carbons (Fsp3) is 0.400. The van der Waals surface area contributed by atoms with Crippen LogP contribution in [0.2, 0.25) is 0 Å². The third-order valence-corrected chi connectivity index (χ3v) is 2.31. The van der Waals surface area contributed by atoms with E-state index in [0.717, 1.165) is 0 Å². The van der Waals surface area contributed by atoms with E-state index in [9.17, 15) is 4.79 Å². The van der Waals surface area contributed by atoms with Gasteiger partial charge in [0.25, 0.3) is 0 Å². The first-order valence-electron chi connectivity index (χ1n) is 4.50. The summed E-state index contributed by atoms with van der Waals surface area (Å²) in [5.41, 5.74) is 0. The highest BCUT2D eigenvalue weighted by Crippen LogP contribution is 2.12. The Hall–Kier alpha value is -1.38. The molecule has 5 heteroatoms. The fourth-order valence-electron chi connectivity index (χ4n) is 0.823. The van der Waals surface area contributed by atoms with Gasteiger partial charge in [-0.15, -0.1) is 0 Å². The minimum atomic E-state index is -0.370. The van der Waals surface area contributed by atoms with Crippen molar-refractivity contribution in [3.8, 4) is 11.8 Å². The van der Waals surface area contributed by atoms with Gasteiger partial charge in [0, 0.05) is 6.42 Å². The van der Waals surface area contributed by atoms with E-state index >= 15 is 0 Å². The Labute approximate surface area is 91.9 Å². The zero-order valence-corrected chi connectivity index (χ0v) is 9.13. The second-order valence-electron chi connectivity index (χ2n) is 2.53. The molecule has 0 aliphatic carbocycles. The van der Waals surface area contributed by atoms with Gasteiger partial charge >= 0.3 is 5.97 Å². The van der Waals surface area contributed by atoms with Gasteiger partial charge in [0.1, 0.15) is 4.88 Å². The number of aliphatic hydroxyl groups excluding tert-OH is 1. The fourth-order valence-corrected chi connectivity index (χ4v) is 1.51. The number of rotatable bonds is 3. The minimum absolute atomic E-state index is 0.0309. The van der Waals surface area contributed by atoms with Crippen LogP contribution < -0.4 is 0 Å². The van der Waals surface area contributed by atoms with Crippen molar-refractivity contribution in [2.24, 2.45) is 0 Å². The molecule has 0 bridgehead atoms. The number of hydrogen-bond acceptors (Lipinski definition) is 5. The molecule has 1 heterocycles. The summed E-state index contributed by atoms with van der Waals surface area (Å²) in [6.45, 7) is 2.13. The molecular weight excluding hydrogens is 214 g/mol. The van der Waals surface area contributed by atoms with Gasteiger partial charge in [-0.05, 0) is 12.8 Å². The lowest BCUT2D eigenvalue weighted by Crippen LogP contribution is -2.01. The zero-order valence-electron chi connectivity index (χ0n) is 8.32. The molecule has 0 spiro atoms. The second kappa shape index (κ2) is 6.17. The van der Waals surface area contributed by atoms with Crippen molar-refractivity contribution < 1.29 is 14.6 Å². The zero-order chi connectivity index (χ0) is 11.1. The summed E-state index contributed by atoms with van der Waals surface area (Å²) in [5.74, 6) is 5.11. The Balaban J connectivity index is 2.65. The lowest BCUT2D eigenvalue weighted by molar-refractivity contribution is 0.0532. The molecule has 0 saturated heterocycles. The lowest BCUT2D eigenvalue weighted by Gasteiger charge is -1.95. The molecule has 80 valence electrons. The topological polar surface area (TPSA) is 59.4 Å². The van der Waals surface area contributed by atoms with Crippen LogP contribution in [0.3, 0.4) is 0 Å². The molecule has 0 fully saturated rings. The maximum absolute atomic E-state index is 11.2. The summed E-state index contributed by atoms with van der Waals surface area (Å²) in [6.07, 6.45) is 1.86. The first-order valence-corrected chi connectivity index (χ1v) is 5.32. The molecule has 0 unspecified atom stereocenters. The van der Waals surface area contributed by atoms with Crippen LogP contribution in [-0.2, 0) is 4.74 Å². The van der Waals surface area contributed by atoms with Gasteiger partial charge in [0.2, 0.25) is 0 Å². The van der Waals surface area contributed by atoms with Crippen molar-refractivity contribution in [1.82, 2.24) is 4.98 Å². The third kappa shape index (κ3) is 3.70. The van der Waals surface area contributed by atoms with Gasteiger partial charge in [-0.1, -0.05) is 17.3 Å². The molecule has 0 aromatic carbocycles. The van der Waals surface area contributed by atoms with E-state index in [0.29, 0.717) is 22.9 Å². The summed E-state index contributed by atoms with van der Waals surface area (Å²) in [5, 5.41) is 9.08. The molecule has 0 aliphatic rings. The average Bonchev–Trinajstić information content (AvgIpc) is 2.67. The van der Waals surface area contributed by atoms with E-state index in [-0.39, 0.29) is 12.6 Å². The highest BCUT2D eigenvalue weighted by atomic mass is 32.1. The lowest BCUT2D eigenvalue weighted by atomic mass is 10.4. The highest BCUT2D eigenvalue weighted by Gasteiger charge is 2.09. The molecule has 15 heavy (non-hydrogen) atoms. The van der Waals surface area contributed by atoms with Gasteiger partial charge < -0.3 is 9.84 Å². The van der Waals surface area contributed by atoms with E-state index in [1.807, 2.05) is 0 Å². The number of thiazole rings is 1. The summed E-state index contributed by atoms with van der Waals surface area (Å²) < 4.78 is 4.81.